The Labute approximate surface area is 72.0 Å². The molecule has 70 valence electrons. The fourth-order valence-corrected chi connectivity index (χ4v) is 0.907. The molecule has 1 atom stereocenters. The molecule has 0 fully saturated rings. The van der Waals surface area contributed by atoms with E-state index >= 15 is 0 Å². The Kier molecular flexibility index (Phi) is 5.28. The van der Waals surface area contributed by atoms with E-state index in [9.17, 15) is 9.59 Å². The Morgan fingerprint density at radius 2 is 2.08 bits per heavy atom. The lowest BCUT2D eigenvalue weighted by Crippen LogP contribution is -2.36. The Hall–Kier alpha value is -0.900. The first-order valence-electron chi connectivity index (χ1n) is 4.03. The van der Waals surface area contributed by atoms with E-state index in [-0.39, 0.29) is 5.78 Å². The lowest BCUT2D eigenvalue weighted by atomic mass is 10.1. The normalized spacial score (nSPS) is 12.5. The molecule has 0 aromatic carbocycles. The van der Waals surface area contributed by atoms with Gasteiger partial charge in [0.2, 0.25) is 0 Å². The molecule has 0 spiro atoms. The summed E-state index contributed by atoms with van der Waals surface area (Å²) in [4.78, 5) is 21.1. The summed E-state index contributed by atoms with van der Waals surface area (Å²) in [6.45, 7) is 3.91. The second-order valence-corrected chi connectivity index (χ2v) is 2.69. The van der Waals surface area contributed by atoms with E-state index in [1.165, 1.54) is 6.92 Å². The zero-order valence-corrected chi connectivity index (χ0v) is 7.46. The fraction of sp³-hybridized carbons (Fsp3) is 0.750. The third-order valence-corrected chi connectivity index (χ3v) is 1.53. The minimum Gasteiger partial charge on any atom is -0.480 e. The van der Waals surface area contributed by atoms with Crippen molar-refractivity contribution in [3.63, 3.8) is 0 Å². The van der Waals surface area contributed by atoms with Gasteiger partial charge in [-0.25, -0.2) is 0 Å². The van der Waals surface area contributed by atoms with Crippen LogP contribution in [0.15, 0.2) is 0 Å². The molecule has 0 aliphatic heterocycles. The van der Waals surface area contributed by atoms with Crippen molar-refractivity contribution >= 4 is 11.8 Å². The summed E-state index contributed by atoms with van der Waals surface area (Å²) < 4.78 is 0. The molecule has 0 rings (SSSR count). The minimum atomic E-state index is -0.891. The number of rotatable bonds is 6. The molecule has 0 amide bonds. The van der Waals surface area contributed by atoms with Gasteiger partial charge in [-0.1, -0.05) is 6.92 Å². The monoisotopic (exact) mass is 173 g/mol. The maximum Gasteiger partial charge on any atom is 0.320 e. The molecule has 2 N–H and O–H groups in total. The molecule has 0 unspecified atom stereocenters. The lowest BCUT2D eigenvalue weighted by molar-refractivity contribution is -0.139. The van der Waals surface area contributed by atoms with Gasteiger partial charge in [0.05, 0.1) is 0 Å². The average molecular weight is 173 g/mol. The van der Waals surface area contributed by atoms with Gasteiger partial charge in [-0.2, -0.15) is 0 Å². The highest BCUT2D eigenvalue weighted by atomic mass is 16.4. The smallest absolute Gasteiger partial charge is 0.320 e. The molecular formula is C8H15NO3. The number of aliphatic carboxylic acids is 1. The number of hydrogen-bond donors (Lipinski definition) is 2. The van der Waals surface area contributed by atoms with E-state index in [2.05, 4.69) is 5.32 Å². The third-order valence-electron chi connectivity index (χ3n) is 1.53. The van der Waals surface area contributed by atoms with Crippen LogP contribution in [0.5, 0.6) is 0 Å². The second kappa shape index (κ2) is 5.71. The van der Waals surface area contributed by atoms with Crippen molar-refractivity contribution in [1.82, 2.24) is 5.32 Å². The van der Waals surface area contributed by atoms with Crippen LogP contribution < -0.4 is 5.32 Å². The molecular weight excluding hydrogens is 158 g/mol. The number of likely N-dealkylation sites (N-methyl/N-ethyl adjacent to an activating group) is 1. The Bertz CT molecular complexity index is 168. The van der Waals surface area contributed by atoms with Crippen molar-refractivity contribution in [3.05, 3.63) is 0 Å². The molecule has 0 aliphatic carbocycles. The molecule has 0 aromatic rings. The zero-order valence-electron chi connectivity index (χ0n) is 7.46. The summed E-state index contributed by atoms with van der Waals surface area (Å²) in [6.07, 6.45) is 0.697. The van der Waals surface area contributed by atoms with Crippen molar-refractivity contribution in [2.24, 2.45) is 0 Å². The van der Waals surface area contributed by atoms with Crippen molar-refractivity contribution in [3.8, 4) is 0 Å². The number of carboxylic acids is 1. The SMILES string of the molecule is CCN[C@@H](CCC(C)=O)C(=O)O. The summed E-state index contributed by atoms with van der Waals surface area (Å²) in [7, 11) is 0. The lowest BCUT2D eigenvalue weighted by Gasteiger charge is -2.11. The van der Waals surface area contributed by atoms with Crippen molar-refractivity contribution in [2.75, 3.05) is 6.54 Å². The van der Waals surface area contributed by atoms with Crippen LogP contribution in [0.2, 0.25) is 0 Å². The van der Waals surface area contributed by atoms with E-state index in [1.807, 2.05) is 6.92 Å². The number of nitrogens with one attached hydrogen (secondary N) is 1. The van der Waals surface area contributed by atoms with Gasteiger partial charge >= 0.3 is 5.97 Å². The summed E-state index contributed by atoms with van der Waals surface area (Å²) in [5.41, 5.74) is 0. The van der Waals surface area contributed by atoms with Crippen LogP contribution >= 0.6 is 0 Å². The van der Waals surface area contributed by atoms with Gasteiger partial charge in [-0.3, -0.25) is 4.79 Å². The van der Waals surface area contributed by atoms with Gasteiger partial charge in [0.15, 0.2) is 0 Å². The molecule has 4 nitrogen and oxygen atoms in total. The predicted molar refractivity (Wildman–Crippen MR) is 45.0 cm³/mol. The molecule has 0 aliphatic rings. The molecule has 0 aromatic heterocycles. The van der Waals surface area contributed by atoms with E-state index in [0.717, 1.165) is 0 Å². The minimum absolute atomic E-state index is 0.0270. The number of ketones is 1. The van der Waals surface area contributed by atoms with Gasteiger partial charge in [-0.05, 0) is 19.9 Å². The number of carbonyl (C=O) groups excluding carboxylic acids is 1. The summed E-state index contributed by atoms with van der Waals surface area (Å²) >= 11 is 0. The molecule has 4 heteroatoms. The highest BCUT2D eigenvalue weighted by Gasteiger charge is 2.15. The van der Waals surface area contributed by atoms with Gasteiger partial charge in [-0.15, -0.1) is 0 Å². The molecule has 0 heterocycles. The Balaban J connectivity index is 3.79. The third kappa shape index (κ3) is 4.85. The fourth-order valence-electron chi connectivity index (χ4n) is 0.907. The molecule has 0 saturated carbocycles. The quantitative estimate of drug-likeness (QED) is 0.610. The predicted octanol–water partition coefficient (Wildman–Crippen LogP) is 0.418. The van der Waals surface area contributed by atoms with Crippen LogP contribution in [0.4, 0.5) is 0 Å². The van der Waals surface area contributed by atoms with Crippen molar-refractivity contribution < 1.29 is 14.7 Å². The highest BCUT2D eigenvalue weighted by Crippen LogP contribution is 1.98. The van der Waals surface area contributed by atoms with Crippen LogP contribution in [0.3, 0.4) is 0 Å². The van der Waals surface area contributed by atoms with Crippen LogP contribution in [-0.2, 0) is 9.59 Å². The van der Waals surface area contributed by atoms with Gasteiger partial charge in [0.1, 0.15) is 11.8 Å². The molecule has 12 heavy (non-hydrogen) atoms. The maximum atomic E-state index is 10.6. The number of carboxylic acid groups (broad SMARTS) is 1. The van der Waals surface area contributed by atoms with Crippen LogP contribution in [0, 0.1) is 0 Å². The molecule has 0 saturated heterocycles. The first kappa shape index (κ1) is 11.1. The first-order valence-corrected chi connectivity index (χ1v) is 4.03. The average Bonchev–Trinajstić information content (AvgIpc) is 1.96. The number of carbonyl (C=O) groups is 2. The molecule has 0 radical (unpaired) electrons. The van der Waals surface area contributed by atoms with Crippen LogP contribution in [0.25, 0.3) is 0 Å². The van der Waals surface area contributed by atoms with Crippen molar-refractivity contribution in [1.29, 1.82) is 0 Å². The van der Waals surface area contributed by atoms with Crippen LogP contribution in [0.1, 0.15) is 26.7 Å². The van der Waals surface area contributed by atoms with E-state index < -0.39 is 12.0 Å². The highest BCUT2D eigenvalue weighted by molar-refractivity contribution is 5.78. The van der Waals surface area contributed by atoms with Gasteiger partial charge < -0.3 is 15.2 Å². The maximum absolute atomic E-state index is 10.6. The summed E-state index contributed by atoms with van der Waals surface area (Å²) in [6, 6.07) is -0.584. The van der Waals surface area contributed by atoms with E-state index in [1.54, 1.807) is 0 Å². The summed E-state index contributed by atoms with van der Waals surface area (Å²) in [5.74, 6) is -0.864. The zero-order chi connectivity index (χ0) is 9.56. The van der Waals surface area contributed by atoms with E-state index in [4.69, 9.17) is 5.11 Å². The first-order chi connectivity index (χ1) is 5.57. The van der Waals surface area contributed by atoms with E-state index in [0.29, 0.717) is 19.4 Å². The Morgan fingerprint density at radius 3 is 2.42 bits per heavy atom. The second-order valence-electron chi connectivity index (χ2n) is 2.69. The number of hydrogen-bond acceptors (Lipinski definition) is 3. The largest absolute Gasteiger partial charge is 0.480 e. The van der Waals surface area contributed by atoms with Crippen LogP contribution in [-0.4, -0.2) is 29.4 Å². The number of Topliss-reactive ketones (excluding diaryl/α,β-unsaturated/α-hetero) is 1. The summed E-state index contributed by atoms with van der Waals surface area (Å²) in [5, 5.41) is 11.4. The molecule has 0 bridgehead atoms. The van der Waals surface area contributed by atoms with Crippen molar-refractivity contribution in [2.45, 2.75) is 32.7 Å². The topological polar surface area (TPSA) is 66.4 Å². The Morgan fingerprint density at radius 1 is 1.50 bits per heavy atom. The standard InChI is InChI=1S/C8H15NO3/c1-3-9-7(8(11)12)5-4-6(2)10/h7,9H,3-5H2,1-2H3,(H,11,12)/t7-/m0/s1. The van der Waals surface area contributed by atoms with Gasteiger partial charge in [0.25, 0.3) is 0 Å². The van der Waals surface area contributed by atoms with Gasteiger partial charge in [0, 0.05) is 6.42 Å².